The summed E-state index contributed by atoms with van der Waals surface area (Å²) in [4.78, 5) is 19.9. The van der Waals surface area contributed by atoms with Crippen LogP contribution in [0.1, 0.15) is 30.9 Å². The monoisotopic (exact) mass is 410 g/mol. The van der Waals surface area contributed by atoms with Gasteiger partial charge in [0.2, 0.25) is 5.91 Å². The number of amides is 1. The summed E-state index contributed by atoms with van der Waals surface area (Å²) in [5.41, 5.74) is 3.06. The number of nitrogens with zero attached hydrogens (tertiary/aromatic N) is 2. The van der Waals surface area contributed by atoms with E-state index in [1.54, 1.807) is 11.3 Å². The van der Waals surface area contributed by atoms with Gasteiger partial charge in [-0.3, -0.25) is 9.69 Å². The van der Waals surface area contributed by atoms with E-state index in [1.807, 2.05) is 42.2 Å². The van der Waals surface area contributed by atoms with Crippen LogP contribution < -0.4 is 9.64 Å². The zero-order chi connectivity index (χ0) is 20.2. The fraction of sp³-hybridized carbons (Fsp3) is 0.391. The Bertz CT molecular complexity index is 977. The van der Waals surface area contributed by atoms with Gasteiger partial charge < -0.3 is 9.47 Å². The highest BCUT2D eigenvalue weighted by atomic mass is 32.1. The number of ether oxygens (including phenoxy) is 2. The molecule has 152 valence electrons. The van der Waals surface area contributed by atoms with Crippen LogP contribution in [0.4, 0.5) is 5.13 Å². The molecule has 1 aliphatic rings. The Balaban J connectivity index is 1.58. The number of benzene rings is 2. The highest BCUT2D eigenvalue weighted by molar-refractivity contribution is 7.22. The van der Waals surface area contributed by atoms with E-state index in [-0.39, 0.29) is 12.0 Å². The number of anilines is 1. The number of carbonyl (C=O) groups excluding carboxylic acids is 1. The molecule has 0 N–H and O–H groups in total. The molecule has 0 unspecified atom stereocenters. The van der Waals surface area contributed by atoms with Crippen molar-refractivity contribution in [2.45, 2.75) is 39.2 Å². The predicted octanol–water partition coefficient (Wildman–Crippen LogP) is 4.76. The maximum absolute atomic E-state index is 13.3. The van der Waals surface area contributed by atoms with Gasteiger partial charge in [-0.15, -0.1) is 0 Å². The van der Waals surface area contributed by atoms with Gasteiger partial charge >= 0.3 is 0 Å². The first kappa shape index (κ1) is 19.9. The number of rotatable bonds is 7. The smallest absolute Gasteiger partial charge is 0.233 e. The van der Waals surface area contributed by atoms with E-state index in [4.69, 9.17) is 14.5 Å². The quantitative estimate of drug-likeness (QED) is 0.564. The van der Waals surface area contributed by atoms with E-state index < -0.39 is 0 Å². The van der Waals surface area contributed by atoms with Crippen molar-refractivity contribution < 1.29 is 14.3 Å². The molecule has 5 nitrogen and oxygen atoms in total. The van der Waals surface area contributed by atoms with E-state index in [2.05, 4.69) is 19.1 Å². The van der Waals surface area contributed by atoms with Gasteiger partial charge in [-0.25, -0.2) is 4.98 Å². The van der Waals surface area contributed by atoms with Crippen LogP contribution in [0, 0.1) is 6.92 Å². The molecule has 0 bridgehead atoms. The second kappa shape index (κ2) is 8.93. The molecule has 3 aromatic rings. The summed E-state index contributed by atoms with van der Waals surface area (Å²) < 4.78 is 12.4. The Morgan fingerprint density at radius 1 is 1.28 bits per heavy atom. The topological polar surface area (TPSA) is 51.7 Å². The molecule has 1 aromatic heterocycles. The summed E-state index contributed by atoms with van der Waals surface area (Å²) >= 11 is 1.57. The maximum Gasteiger partial charge on any atom is 0.233 e. The molecule has 0 aliphatic carbocycles. The second-order valence-corrected chi connectivity index (χ2v) is 8.32. The number of aromatic nitrogens is 1. The number of aryl methyl sites for hydroxylation is 1. The molecule has 1 atom stereocenters. The molecule has 2 heterocycles. The van der Waals surface area contributed by atoms with Gasteiger partial charge in [0.25, 0.3) is 0 Å². The molecule has 1 fully saturated rings. The van der Waals surface area contributed by atoms with Crippen LogP contribution >= 0.6 is 11.3 Å². The van der Waals surface area contributed by atoms with Gasteiger partial charge in [-0.05, 0) is 56.0 Å². The molecule has 1 amide bonds. The first-order chi connectivity index (χ1) is 14.1. The van der Waals surface area contributed by atoms with Gasteiger partial charge in [0, 0.05) is 6.61 Å². The number of fused-ring (bicyclic) bond motifs is 1. The lowest BCUT2D eigenvalue weighted by Crippen LogP contribution is -2.38. The van der Waals surface area contributed by atoms with Crippen LogP contribution in [0.3, 0.4) is 0 Å². The number of carbonyl (C=O) groups is 1. The molecule has 0 spiro atoms. The predicted molar refractivity (Wildman–Crippen MR) is 117 cm³/mol. The molecule has 6 heteroatoms. The Morgan fingerprint density at radius 3 is 2.79 bits per heavy atom. The summed E-state index contributed by atoms with van der Waals surface area (Å²) in [7, 11) is 0. The third-order valence-electron chi connectivity index (χ3n) is 5.14. The third-order valence-corrected chi connectivity index (χ3v) is 6.18. The van der Waals surface area contributed by atoms with Crippen LogP contribution in [0.2, 0.25) is 0 Å². The summed E-state index contributed by atoms with van der Waals surface area (Å²) in [6.07, 6.45) is 2.43. The van der Waals surface area contributed by atoms with Crippen molar-refractivity contribution in [2.24, 2.45) is 0 Å². The highest BCUT2D eigenvalue weighted by Crippen LogP contribution is 2.32. The largest absolute Gasteiger partial charge is 0.494 e. The van der Waals surface area contributed by atoms with Gasteiger partial charge in [0.15, 0.2) is 5.13 Å². The lowest BCUT2D eigenvalue weighted by atomic mass is 10.1. The van der Waals surface area contributed by atoms with E-state index in [0.717, 1.165) is 51.7 Å². The Morgan fingerprint density at radius 2 is 2.10 bits per heavy atom. The Kier molecular flexibility index (Phi) is 6.11. The Hall–Kier alpha value is -2.44. The van der Waals surface area contributed by atoms with E-state index in [0.29, 0.717) is 19.6 Å². The molecule has 0 radical (unpaired) electrons. The normalized spacial score (nSPS) is 16.3. The van der Waals surface area contributed by atoms with Crippen molar-refractivity contribution >= 4 is 32.6 Å². The van der Waals surface area contributed by atoms with Crippen molar-refractivity contribution in [3.63, 3.8) is 0 Å². The van der Waals surface area contributed by atoms with Gasteiger partial charge in [0.1, 0.15) is 5.75 Å². The maximum atomic E-state index is 13.3. The van der Waals surface area contributed by atoms with Crippen molar-refractivity contribution in [3.05, 3.63) is 53.6 Å². The molecule has 2 aromatic carbocycles. The van der Waals surface area contributed by atoms with Crippen molar-refractivity contribution in [1.82, 2.24) is 4.98 Å². The second-order valence-electron chi connectivity index (χ2n) is 7.31. The van der Waals surface area contributed by atoms with E-state index in [9.17, 15) is 4.79 Å². The van der Waals surface area contributed by atoms with Crippen LogP contribution in [0.15, 0.2) is 42.5 Å². The highest BCUT2D eigenvalue weighted by Gasteiger charge is 2.26. The minimum atomic E-state index is 0.0429. The molecule has 1 aliphatic heterocycles. The summed E-state index contributed by atoms with van der Waals surface area (Å²) in [6.45, 7) is 5.96. The number of para-hydroxylation sites is 1. The zero-order valence-electron chi connectivity index (χ0n) is 16.9. The van der Waals surface area contributed by atoms with Crippen LogP contribution in [0.25, 0.3) is 10.2 Å². The van der Waals surface area contributed by atoms with Gasteiger partial charge in [0.05, 0.1) is 35.9 Å². The standard InChI is InChI=1S/C23H26N2O3S/c1-3-27-18-11-9-17(10-12-18)14-21(26)25(15-19-7-5-13-28-19)23-24-22-16(2)6-4-8-20(22)29-23/h4,6,8-12,19H,3,5,7,13-15H2,1-2H3/t19-/m1/s1. The lowest BCUT2D eigenvalue weighted by molar-refractivity contribution is -0.118. The lowest BCUT2D eigenvalue weighted by Gasteiger charge is -2.23. The molecule has 0 saturated carbocycles. The van der Waals surface area contributed by atoms with Crippen molar-refractivity contribution in [1.29, 1.82) is 0 Å². The number of thiazole rings is 1. The van der Waals surface area contributed by atoms with Gasteiger partial charge in [-0.2, -0.15) is 0 Å². The Labute approximate surface area is 175 Å². The van der Waals surface area contributed by atoms with Crippen LogP contribution in [-0.4, -0.2) is 36.8 Å². The molecule has 1 saturated heterocycles. The molecular formula is C23H26N2O3S. The van der Waals surface area contributed by atoms with Crippen molar-refractivity contribution in [2.75, 3.05) is 24.7 Å². The minimum absolute atomic E-state index is 0.0429. The average molecular weight is 411 g/mol. The molecular weight excluding hydrogens is 384 g/mol. The molecule has 4 rings (SSSR count). The molecule has 29 heavy (non-hydrogen) atoms. The van der Waals surface area contributed by atoms with E-state index in [1.165, 1.54) is 0 Å². The fourth-order valence-corrected chi connectivity index (χ4v) is 4.68. The van der Waals surface area contributed by atoms with Crippen LogP contribution in [0.5, 0.6) is 5.75 Å². The average Bonchev–Trinajstić information content (AvgIpc) is 3.38. The zero-order valence-corrected chi connectivity index (χ0v) is 17.7. The first-order valence-electron chi connectivity index (χ1n) is 10.1. The number of hydrogen-bond acceptors (Lipinski definition) is 5. The first-order valence-corrected chi connectivity index (χ1v) is 11.0. The SMILES string of the molecule is CCOc1ccc(CC(=O)N(C[C@H]2CCCO2)c2nc3c(C)cccc3s2)cc1. The third kappa shape index (κ3) is 4.60. The van der Waals surface area contributed by atoms with Gasteiger partial charge in [-0.1, -0.05) is 35.6 Å². The van der Waals surface area contributed by atoms with Crippen molar-refractivity contribution in [3.8, 4) is 5.75 Å². The fourth-order valence-electron chi connectivity index (χ4n) is 3.61. The van der Waals surface area contributed by atoms with Crippen LogP contribution in [-0.2, 0) is 16.0 Å². The minimum Gasteiger partial charge on any atom is -0.494 e. The summed E-state index contributed by atoms with van der Waals surface area (Å²) in [5, 5.41) is 0.751. The van der Waals surface area contributed by atoms with E-state index >= 15 is 0 Å². The number of hydrogen-bond donors (Lipinski definition) is 0. The summed E-state index contributed by atoms with van der Waals surface area (Å²) in [5.74, 6) is 0.864. The summed E-state index contributed by atoms with van der Waals surface area (Å²) in [6, 6.07) is 13.9.